The number of nitrogens with zero attached hydrogens (tertiary/aromatic N) is 4. The molecule has 1 saturated carbocycles. The van der Waals surface area contributed by atoms with E-state index in [1.54, 1.807) is 11.8 Å². The lowest BCUT2D eigenvalue weighted by molar-refractivity contribution is -0.384. The zero-order valence-corrected chi connectivity index (χ0v) is 11.9. The first-order valence-corrected chi connectivity index (χ1v) is 6.95. The zero-order valence-electron chi connectivity index (χ0n) is 11.9. The quantitative estimate of drug-likeness (QED) is 0.630. The normalized spacial score (nSPS) is 15.1. The summed E-state index contributed by atoms with van der Waals surface area (Å²) in [6.07, 6.45) is 5.02. The van der Waals surface area contributed by atoms with Crippen LogP contribution in [0.2, 0.25) is 0 Å². The zero-order chi connectivity index (χ0) is 15.4. The van der Waals surface area contributed by atoms with Crippen molar-refractivity contribution in [3.8, 4) is 0 Å². The van der Waals surface area contributed by atoms with Crippen LogP contribution in [0, 0.1) is 17.0 Å². The third-order valence-corrected chi connectivity index (χ3v) is 3.67. The molecule has 21 heavy (non-hydrogen) atoms. The van der Waals surface area contributed by atoms with Crippen molar-refractivity contribution in [1.82, 2.24) is 9.97 Å². The molecule has 0 unspecified atom stereocenters. The van der Waals surface area contributed by atoms with Crippen molar-refractivity contribution >= 4 is 17.5 Å². The van der Waals surface area contributed by atoms with Gasteiger partial charge in [-0.15, -0.1) is 0 Å². The average Bonchev–Trinajstić information content (AvgIpc) is 2.92. The van der Waals surface area contributed by atoms with Crippen LogP contribution in [0.15, 0.2) is 6.20 Å². The van der Waals surface area contributed by atoms with Crippen LogP contribution in [0.4, 0.5) is 11.5 Å². The Bertz CT molecular complexity index is 543. The van der Waals surface area contributed by atoms with E-state index >= 15 is 0 Å². The van der Waals surface area contributed by atoms with Crippen molar-refractivity contribution in [2.24, 2.45) is 0 Å². The number of carboxylic acids is 1. The Morgan fingerprint density at radius 3 is 2.76 bits per heavy atom. The Labute approximate surface area is 122 Å². The predicted molar refractivity (Wildman–Crippen MR) is 75.3 cm³/mol. The second-order valence-electron chi connectivity index (χ2n) is 5.16. The highest BCUT2D eigenvalue weighted by Gasteiger charge is 2.30. The Morgan fingerprint density at radius 1 is 1.52 bits per heavy atom. The van der Waals surface area contributed by atoms with Crippen LogP contribution in [0.25, 0.3) is 0 Å². The van der Waals surface area contributed by atoms with Gasteiger partial charge in [0.2, 0.25) is 5.82 Å². The molecule has 0 aromatic carbocycles. The molecule has 1 N–H and O–H groups in total. The van der Waals surface area contributed by atoms with Gasteiger partial charge in [0.15, 0.2) is 0 Å². The number of rotatable bonds is 6. The highest BCUT2D eigenvalue weighted by molar-refractivity contribution is 5.68. The summed E-state index contributed by atoms with van der Waals surface area (Å²) in [7, 11) is 0. The van der Waals surface area contributed by atoms with E-state index in [2.05, 4.69) is 9.97 Å². The van der Waals surface area contributed by atoms with Gasteiger partial charge in [0, 0.05) is 12.6 Å². The number of aryl methyl sites for hydroxylation is 1. The van der Waals surface area contributed by atoms with Gasteiger partial charge in [-0.25, -0.2) is 9.97 Å². The molecule has 0 bridgehead atoms. The SMILES string of the molecule is Cc1ncc([N+](=O)[O-])c(N(CCC(=O)O)C2CCCC2)n1. The lowest BCUT2D eigenvalue weighted by Crippen LogP contribution is -2.36. The summed E-state index contributed by atoms with van der Waals surface area (Å²) in [5.74, 6) is -0.249. The maximum atomic E-state index is 11.2. The number of aromatic nitrogens is 2. The molecule has 0 aliphatic heterocycles. The molecule has 0 amide bonds. The lowest BCUT2D eigenvalue weighted by Gasteiger charge is -2.29. The first-order chi connectivity index (χ1) is 9.99. The molecule has 0 saturated heterocycles. The number of carboxylic acid groups (broad SMARTS) is 1. The average molecular weight is 294 g/mol. The maximum Gasteiger partial charge on any atom is 0.329 e. The monoisotopic (exact) mass is 294 g/mol. The van der Waals surface area contributed by atoms with E-state index in [9.17, 15) is 14.9 Å². The molecule has 0 spiro atoms. The molecule has 1 aromatic rings. The summed E-state index contributed by atoms with van der Waals surface area (Å²) in [4.78, 5) is 31.3. The van der Waals surface area contributed by atoms with Crippen molar-refractivity contribution in [1.29, 1.82) is 0 Å². The van der Waals surface area contributed by atoms with Gasteiger partial charge in [-0.3, -0.25) is 14.9 Å². The van der Waals surface area contributed by atoms with Crippen molar-refractivity contribution in [2.75, 3.05) is 11.4 Å². The molecule has 0 radical (unpaired) electrons. The largest absolute Gasteiger partial charge is 0.481 e. The van der Waals surface area contributed by atoms with Gasteiger partial charge in [-0.05, 0) is 19.8 Å². The number of hydrogen-bond acceptors (Lipinski definition) is 6. The second kappa shape index (κ2) is 6.47. The molecule has 114 valence electrons. The van der Waals surface area contributed by atoms with Gasteiger partial charge in [0.05, 0.1) is 11.3 Å². The molecular formula is C13H18N4O4. The number of hydrogen-bond donors (Lipinski definition) is 1. The molecule has 1 aliphatic rings. The van der Waals surface area contributed by atoms with E-state index in [1.807, 2.05) is 0 Å². The van der Waals surface area contributed by atoms with E-state index in [-0.39, 0.29) is 30.5 Å². The van der Waals surface area contributed by atoms with Gasteiger partial charge in [0.1, 0.15) is 12.0 Å². The smallest absolute Gasteiger partial charge is 0.329 e. The number of nitro groups is 1. The first kappa shape index (κ1) is 15.1. The van der Waals surface area contributed by atoms with Gasteiger partial charge in [0.25, 0.3) is 0 Å². The van der Waals surface area contributed by atoms with E-state index in [4.69, 9.17) is 5.11 Å². The number of aliphatic carboxylic acids is 1. The Balaban J connectivity index is 2.36. The van der Waals surface area contributed by atoms with Crippen LogP contribution in [0.3, 0.4) is 0 Å². The van der Waals surface area contributed by atoms with Gasteiger partial charge in [-0.1, -0.05) is 12.8 Å². The van der Waals surface area contributed by atoms with E-state index < -0.39 is 10.9 Å². The summed E-state index contributed by atoms with van der Waals surface area (Å²) in [5.41, 5.74) is -0.169. The third kappa shape index (κ3) is 3.65. The topological polar surface area (TPSA) is 109 Å². The van der Waals surface area contributed by atoms with Crippen LogP contribution < -0.4 is 4.90 Å². The standard InChI is InChI=1S/C13H18N4O4/c1-9-14-8-11(17(20)21)13(15-9)16(7-6-12(18)19)10-4-2-3-5-10/h8,10H,2-7H2,1H3,(H,18,19). The summed E-state index contributed by atoms with van der Waals surface area (Å²) in [5, 5.41) is 20.1. The Hall–Kier alpha value is -2.25. The summed E-state index contributed by atoms with van der Waals surface area (Å²) >= 11 is 0. The molecule has 1 aliphatic carbocycles. The van der Waals surface area contributed by atoms with Crippen molar-refractivity contribution in [2.45, 2.75) is 45.1 Å². The van der Waals surface area contributed by atoms with Crippen LogP contribution in [0.1, 0.15) is 37.9 Å². The van der Waals surface area contributed by atoms with Crippen molar-refractivity contribution in [3.05, 3.63) is 22.1 Å². The minimum atomic E-state index is -0.925. The highest BCUT2D eigenvalue weighted by atomic mass is 16.6. The Morgan fingerprint density at radius 2 is 2.19 bits per heavy atom. The van der Waals surface area contributed by atoms with E-state index in [1.165, 1.54) is 6.20 Å². The summed E-state index contributed by atoms with van der Waals surface area (Å²) in [6, 6.07) is 0.109. The number of carbonyl (C=O) groups is 1. The first-order valence-electron chi connectivity index (χ1n) is 6.95. The fraction of sp³-hybridized carbons (Fsp3) is 0.615. The molecular weight excluding hydrogens is 276 g/mol. The predicted octanol–water partition coefficient (Wildman–Crippen LogP) is 1.92. The molecule has 0 atom stereocenters. The van der Waals surface area contributed by atoms with Gasteiger partial charge < -0.3 is 10.0 Å². The van der Waals surface area contributed by atoms with Crippen LogP contribution in [-0.4, -0.2) is 38.6 Å². The van der Waals surface area contributed by atoms with Crippen LogP contribution in [0.5, 0.6) is 0 Å². The minimum absolute atomic E-state index is 0.0727. The second-order valence-corrected chi connectivity index (χ2v) is 5.16. The van der Waals surface area contributed by atoms with Crippen molar-refractivity contribution in [3.63, 3.8) is 0 Å². The van der Waals surface area contributed by atoms with E-state index in [0.29, 0.717) is 5.82 Å². The summed E-state index contributed by atoms with van der Waals surface area (Å²) in [6.45, 7) is 1.88. The van der Waals surface area contributed by atoms with E-state index in [0.717, 1.165) is 25.7 Å². The molecule has 1 heterocycles. The molecule has 1 aromatic heterocycles. The lowest BCUT2D eigenvalue weighted by atomic mass is 10.2. The minimum Gasteiger partial charge on any atom is -0.481 e. The molecule has 1 fully saturated rings. The third-order valence-electron chi connectivity index (χ3n) is 3.67. The molecule has 8 heteroatoms. The fourth-order valence-electron chi connectivity index (χ4n) is 2.69. The van der Waals surface area contributed by atoms with Crippen LogP contribution in [-0.2, 0) is 4.79 Å². The Kier molecular flexibility index (Phi) is 4.66. The highest BCUT2D eigenvalue weighted by Crippen LogP contribution is 2.32. The van der Waals surface area contributed by atoms with Crippen LogP contribution >= 0.6 is 0 Å². The molecule has 2 rings (SSSR count). The van der Waals surface area contributed by atoms with Gasteiger partial charge in [-0.2, -0.15) is 0 Å². The molecule has 8 nitrogen and oxygen atoms in total. The maximum absolute atomic E-state index is 11.2. The van der Waals surface area contributed by atoms with Crippen molar-refractivity contribution < 1.29 is 14.8 Å². The summed E-state index contributed by atoms with van der Waals surface area (Å²) < 4.78 is 0. The number of anilines is 1. The van der Waals surface area contributed by atoms with Gasteiger partial charge >= 0.3 is 11.7 Å². The fourth-order valence-corrected chi connectivity index (χ4v) is 2.69.